The van der Waals surface area contributed by atoms with Gasteiger partial charge in [-0.1, -0.05) is 0 Å². The van der Waals surface area contributed by atoms with E-state index in [9.17, 15) is 4.79 Å². The van der Waals surface area contributed by atoms with Gasteiger partial charge in [0.1, 0.15) is 5.69 Å². The summed E-state index contributed by atoms with van der Waals surface area (Å²) in [6, 6.07) is 0. The smallest absolute Gasteiger partial charge is 0.275 e. The quantitative estimate of drug-likeness (QED) is 0.613. The summed E-state index contributed by atoms with van der Waals surface area (Å²) in [5.74, 6) is 0.145. The fraction of sp³-hybridized carbons (Fsp3) is 0.500. The van der Waals surface area contributed by atoms with E-state index >= 15 is 0 Å². The summed E-state index contributed by atoms with van der Waals surface area (Å²) in [4.78, 5) is 19.7. The third-order valence-corrected chi connectivity index (χ3v) is 2.15. The van der Waals surface area contributed by atoms with Crippen LogP contribution in [0.1, 0.15) is 0 Å². The van der Waals surface area contributed by atoms with Crippen molar-refractivity contribution in [3.05, 3.63) is 16.6 Å². The van der Waals surface area contributed by atoms with Crippen molar-refractivity contribution in [1.29, 1.82) is 0 Å². The molecule has 1 aromatic heterocycles. The van der Waals surface area contributed by atoms with Gasteiger partial charge in [-0.3, -0.25) is 9.78 Å². The van der Waals surface area contributed by atoms with Gasteiger partial charge in [0.2, 0.25) is 0 Å². The molecule has 0 atom stereocenters. The lowest BCUT2D eigenvalue weighted by Crippen LogP contribution is -2.39. The molecule has 0 aromatic carbocycles. The highest BCUT2D eigenvalue weighted by molar-refractivity contribution is 5.43. The predicted octanol–water partition coefficient (Wildman–Crippen LogP) is -0.811. The second-order valence-corrected chi connectivity index (χ2v) is 3.08. The zero-order chi connectivity index (χ0) is 9.97. The summed E-state index contributed by atoms with van der Waals surface area (Å²) >= 11 is 0. The fourth-order valence-electron chi connectivity index (χ4n) is 1.43. The van der Waals surface area contributed by atoms with Crippen molar-refractivity contribution in [2.75, 3.05) is 36.9 Å². The Labute approximate surface area is 80.7 Å². The standard InChI is InChI=1S/C8H12N4O2/c9-8-10-5-6(7(13)11-8)12-1-3-14-4-2-12/h5H,1-4H2,(H3,9,10,11,13). The second-order valence-electron chi connectivity index (χ2n) is 3.08. The molecule has 6 nitrogen and oxygen atoms in total. The summed E-state index contributed by atoms with van der Waals surface area (Å²) in [6.45, 7) is 2.72. The number of nitrogens with two attached hydrogens (primary N) is 1. The van der Waals surface area contributed by atoms with Gasteiger partial charge >= 0.3 is 0 Å². The molecule has 0 aliphatic carbocycles. The van der Waals surface area contributed by atoms with E-state index in [4.69, 9.17) is 10.5 Å². The highest BCUT2D eigenvalue weighted by Gasteiger charge is 2.14. The van der Waals surface area contributed by atoms with Gasteiger partial charge in [-0.2, -0.15) is 0 Å². The van der Waals surface area contributed by atoms with E-state index in [1.165, 1.54) is 6.20 Å². The first-order valence-electron chi connectivity index (χ1n) is 4.45. The van der Waals surface area contributed by atoms with Crippen LogP contribution in [0.5, 0.6) is 0 Å². The van der Waals surface area contributed by atoms with Crippen LogP contribution in [-0.4, -0.2) is 36.3 Å². The minimum Gasteiger partial charge on any atom is -0.378 e. The number of rotatable bonds is 1. The monoisotopic (exact) mass is 196 g/mol. The second kappa shape index (κ2) is 3.67. The van der Waals surface area contributed by atoms with Crippen molar-refractivity contribution in [2.24, 2.45) is 0 Å². The maximum absolute atomic E-state index is 11.5. The Hall–Kier alpha value is -1.56. The lowest BCUT2D eigenvalue weighted by atomic mass is 10.3. The molecule has 1 fully saturated rings. The highest BCUT2D eigenvalue weighted by atomic mass is 16.5. The van der Waals surface area contributed by atoms with Crippen LogP contribution in [0.4, 0.5) is 11.6 Å². The molecule has 1 saturated heterocycles. The molecule has 1 aliphatic rings. The van der Waals surface area contributed by atoms with Crippen molar-refractivity contribution in [3.8, 4) is 0 Å². The minimum atomic E-state index is -0.195. The van der Waals surface area contributed by atoms with Crippen LogP contribution in [0.15, 0.2) is 11.0 Å². The lowest BCUT2D eigenvalue weighted by molar-refractivity contribution is 0.122. The Morgan fingerprint density at radius 2 is 2.21 bits per heavy atom. The molecule has 6 heteroatoms. The van der Waals surface area contributed by atoms with E-state index in [2.05, 4.69) is 9.97 Å². The number of H-pyrrole nitrogens is 1. The number of morpholine rings is 1. The van der Waals surface area contributed by atoms with E-state index in [0.717, 1.165) is 0 Å². The Balaban J connectivity index is 2.26. The molecule has 2 heterocycles. The Bertz CT molecular complexity index is 370. The van der Waals surface area contributed by atoms with Crippen molar-refractivity contribution in [2.45, 2.75) is 0 Å². The number of hydrogen-bond acceptors (Lipinski definition) is 5. The number of nitrogen functional groups attached to an aromatic ring is 1. The molecule has 14 heavy (non-hydrogen) atoms. The number of aromatic nitrogens is 2. The summed E-state index contributed by atoms with van der Waals surface area (Å²) in [7, 11) is 0. The number of nitrogens with one attached hydrogen (secondary N) is 1. The number of nitrogens with zero attached hydrogens (tertiary/aromatic N) is 2. The van der Waals surface area contributed by atoms with E-state index in [1.807, 2.05) is 4.90 Å². The lowest BCUT2D eigenvalue weighted by Gasteiger charge is -2.27. The van der Waals surface area contributed by atoms with Crippen LogP contribution in [0.25, 0.3) is 0 Å². The number of anilines is 2. The summed E-state index contributed by atoms with van der Waals surface area (Å²) in [5.41, 5.74) is 5.71. The van der Waals surface area contributed by atoms with E-state index < -0.39 is 0 Å². The first kappa shape index (κ1) is 9.01. The van der Waals surface area contributed by atoms with Gasteiger partial charge in [0.05, 0.1) is 19.4 Å². The Morgan fingerprint density at radius 3 is 2.86 bits per heavy atom. The minimum absolute atomic E-state index is 0.145. The molecule has 0 radical (unpaired) electrons. The average molecular weight is 196 g/mol. The third kappa shape index (κ3) is 1.69. The predicted molar refractivity (Wildman–Crippen MR) is 52.3 cm³/mol. The van der Waals surface area contributed by atoms with Crippen LogP contribution in [0.3, 0.4) is 0 Å². The SMILES string of the molecule is Nc1ncc(N2CCOCC2)c(=O)[nH]1. The van der Waals surface area contributed by atoms with E-state index in [0.29, 0.717) is 32.0 Å². The maximum Gasteiger partial charge on any atom is 0.275 e. The molecule has 0 spiro atoms. The Kier molecular flexibility index (Phi) is 2.36. The first-order chi connectivity index (χ1) is 6.77. The summed E-state index contributed by atoms with van der Waals surface area (Å²) in [5, 5.41) is 0. The zero-order valence-corrected chi connectivity index (χ0v) is 7.69. The average Bonchev–Trinajstić information content (AvgIpc) is 2.19. The molecule has 1 aliphatic heterocycles. The number of aromatic amines is 1. The first-order valence-corrected chi connectivity index (χ1v) is 4.45. The molecular formula is C8H12N4O2. The molecule has 2 rings (SSSR count). The molecule has 3 N–H and O–H groups in total. The maximum atomic E-state index is 11.5. The van der Waals surface area contributed by atoms with E-state index in [-0.39, 0.29) is 11.5 Å². The van der Waals surface area contributed by atoms with E-state index in [1.54, 1.807) is 0 Å². The van der Waals surface area contributed by atoms with Gasteiger partial charge in [0, 0.05) is 13.1 Å². The highest BCUT2D eigenvalue weighted by Crippen LogP contribution is 2.08. The molecule has 76 valence electrons. The summed E-state index contributed by atoms with van der Waals surface area (Å²) < 4.78 is 5.19. The largest absolute Gasteiger partial charge is 0.378 e. The van der Waals surface area contributed by atoms with Crippen LogP contribution in [0.2, 0.25) is 0 Å². The van der Waals surface area contributed by atoms with Gasteiger partial charge in [-0.25, -0.2) is 4.98 Å². The van der Waals surface area contributed by atoms with Crippen molar-refractivity contribution in [3.63, 3.8) is 0 Å². The summed E-state index contributed by atoms with van der Waals surface area (Å²) in [6.07, 6.45) is 1.50. The van der Waals surface area contributed by atoms with Gasteiger partial charge in [-0.05, 0) is 0 Å². The molecule has 0 saturated carbocycles. The molecule has 1 aromatic rings. The number of hydrogen-bond donors (Lipinski definition) is 2. The van der Waals surface area contributed by atoms with Crippen LogP contribution >= 0.6 is 0 Å². The van der Waals surface area contributed by atoms with Crippen LogP contribution in [0, 0.1) is 0 Å². The van der Waals surface area contributed by atoms with Gasteiger partial charge in [0.15, 0.2) is 5.95 Å². The van der Waals surface area contributed by atoms with Gasteiger partial charge in [0.25, 0.3) is 5.56 Å². The van der Waals surface area contributed by atoms with Crippen molar-refractivity contribution >= 4 is 11.6 Å². The fourth-order valence-corrected chi connectivity index (χ4v) is 1.43. The van der Waals surface area contributed by atoms with Crippen molar-refractivity contribution in [1.82, 2.24) is 9.97 Å². The molecular weight excluding hydrogens is 184 g/mol. The normalized spacial score (nSPS) is 17.0. The number of ether oxygens (including phenoxy) is 1. The topological polar surface area (TPSA) is 84.2 Å². The van der Waals surface area contributed by atoms with Crippen LogP contribution < -0.4 is 16.2 Å². The molecule has 0 bridgehead atoms. The van der Waals surface area contributed by atoms with Gasteiger partial charge in [-0.15, -0.1) is 0 Å². The van der Waals surface area contributed by atoms with Crippen LogP contribution in [-0.2, 0) is 4.74 Å². The third-order valence-electron chi connectivity index (χ3n) is 2.15. The van der Waals surface area contributed by atoms with Crippen molar-refractivity contribution < 1.29 is 4.74 Å². The molecule has 0 unspecified atom stereocenters. The van der Waals surface area contributed by atoms with Gasteiger partial charge < -0.3 is 15.4 Å². The Morgan fingerprint density at radius 1 is 1.50 bits per heavy atom. The zero-order valence-electron chi connectivity index (χ0n) is 7.69. The molecule has 0 amide bonds.